The fourth-order valence-electron chi connectivity index (χ4n) is 1.62. The number of rotatable bonds is 9. The van der Waals surface area contributed by atoms with Crippen LogP contribution in [0.1, 0.15) is 53.4 Å². The number of aliphatic hydroxyl groups excluding tert-OH is 1. The van der Waals surface area contributed by atoms with Crippen LogP contribution in [0, 0.1) is 0 Å². The Morgan fingerprint density at radius 3 is 2.41 bits per heavy atom. The van der Waals surface area contributed by atoms with Gasteiger partial charge in [-0.3, -0.25) is 0 Å². The molecule has 0 aromatic carbocycles. The molecular formula is C15H29NO5S. The molecule has 0 radical (unpaired) electrons. The van der Waals surface area contributed by atoms with Gasteiger partial charge in [-0.1, -0.05) is 26.2 Å². The predicted molar refractivity (Wildman–Crippen MR) is 87.8 cm³/mol. The standard InChI is InChI=1S/C15H29NO5S/c1-6-7-8-9-12(17)22-10-11(13(18)20-5)16-14(19)21-15(2,3)4/h11-12,17H,6-10H2,1-5H3,(H,16,19). The van der Waals surface area contributed by atoms with E-state index in [1.807, 2.05) is 0 Å². The van der Waals surface area contributed by atoms with E-state index in [0.29, 0.717) is 6.42 Å². The summed E-state index contributed by atoms with van der Waals surface area (Å²) in [5, 5.41) is 12.3. The molecule has 0 aromatic rings. The van der Waals surface area contributed by atoms with Crippen LogP contribution in [-0.2, 0) is 14.3 Å². The van der Waals surface area contributed by atoms with Crippen molar-refractivity contribution in [2.24, 2.45) is 0 Å². The van der Waals surface area contributed by atoms with E-state index in [4.69, 9.17) is 4.74 Å². The Balaban J connectivity index is 4.35. The average molecular weight is 335 g/mol. The van der Waals surface area contributed by atoms with E-state index in [1.165, 1.54) is 18.9 Å². The zero-order valence-electron chi connectivity index (χ0n) is 14.2. The molecule has 0 aliphatic carbocycles. The van der Waals surface area contributed by atoms with Gasteiger partial charge in [0.25, 0.3) is 0 Å². The molecule has 0 aliphatic heterocycles. The van der Waals surface area contributed by atoms with E-state index < -0.39 is 29.1 Å². The van der Waals surface area contributed by atoms with E-state index in [2.05, 4.69) is 17.0 Å². The van der Waals surface area contributed by atoms with Gasteiger partial charge in [-0.05, 0) is 27.2 Å². The lowest BCUT2D eigenvalue weighted by Gasteiger charge is -2.23. The summed E-state index contributed by atoms with van der Waals surface area (Å²) in [6, 6.07) is -0.842. The van der Waals surface area contributed by atoms with Crippen molar-refractivity contribution in [1.29, 1.82) is 0 Å². The molecule has 0 fully saturated rings. The summed E-state index contributed by atoms with van der Waals surface area (Å²) in [7, 11) is 1.26. The molecule has 6 nitrogen and oxygen atoms in total. The number of aliphatic hydroxyl groups is 1. The Hall–Kier alpha value is -0.950. The summed E-state index contributed by atoms with van der Waals surface area (Å²) >= 11 is 1.22. The van der Waals surface area contributed by atoms with E-state index in [9.17, 15) is 14.7 Å². The summed E-state index contributed by atoms with van der Waals surface area (Å²) in [4.78, 5) is 23.4. The van der Waals surface area contributed by atoms with E-state index in [1.54, 1.807) is 20.8 Å². The number of esters is 1. The third-order valence-electron chi connectivity index (χ3n) is 2.69. The predicted octanol–water partition coefficient (Wildman–Crippen LogP) is 2.68. The monoisotopic (exact) mass is 335 g/mol. The number of amides is 1. The van der Waals surface area contributed by atoms with Crippen LogP contribution in [-0.4, -0.2) is 47.1 Å². The van der Waals surface area contributed by atoms with E-state index >= 15 is 0 Å². The molecule has 0 saturated carbocycles. The normalized spacial score (nSPS) is 14.1. The first-order valence-corrected chi connectivity index (χ1v) is 8.61. The number of unbranched alkanes of at least 4 members (excludes halogenated alkanes) is 2. The second-order valence-corrected chi connectivity index (χ2v) is 7.22. The third kappa shape index (κ3) is 10.7. The van der Waals surface area contributed by atoms with Crippen LogP contribution in [0.2, 0.25) is 0 Å². The Morgan fingerprint density at radius 1 is 1.27 bits per heavy atom. The first-order valence-electron chi connectivity index (χ1n) is 7.56. The molecule has 0 saturated heterocycles. The van der Waals surface area contributed by atoms with Gasteiger partial charge in [-0.2, -0.15) is 0 Å². The van der Waals surface area contributed by atoms with Crippen molar-refractivity contribution in [3.05, 3.63) is 0 Å². The molecule has 2 atom stereocenters. The Kier molecular flexibility index (Phi) is 10.3. The highest BCUT2D eigenvalue weighted by molar-refractivity contribution is 7.99. The molecule has 0 rings (SSSR count). The highest BCUT2D eigenvalue weighted by Crippen LogP contribution is 2.17. The molecular weight excluding hydrogens is 306 g/mol. The maximum atomic E-state index is 11.7. The number of carbonyl (C=O) groups excluding carboxylic acids is 2. The second kappa shape index (κ2) is 10.7. The molecule has 0 heterocycles. The summed E-state index contributed by atoms with van der Waals surface area (Å²) in [5.41, 5.74) is -1.20. The van der Waals surface area contributed by atoms with Crippen molar-refractivity contribution in [1.82, 2.24) is 5.32 Å². The first kappa shape index (κ1) is 21.0. The van der Waals surface area contributed by atoms with Crippen molar-refractivity contribution < 1.29 is 24.2 Å². The maximum absolute atomic E-state index is 11.7. The van der Waals surface area contributed by atoms with Gasteiger partial charge >= 0.3 is 12.1 Å². The number of nitrogens with one attached hydrogen (secondary N) is 1. The fourth-order valence-corrected chi connectivity index (χ4v) is 2.59. The first-order chi connectivity index (χ1) is 10.2. The second-order valence-electron chi connectivity index (χ2n) is 6.01. The molecule has 2 unspecified atom stereocenters. The highest BCUT2D eigenvalue weighted by Gasteiger charge is 2.25. The molecule has 7 heteroatoms. The number of carbonyl (C=O) groups is 2. The quantitative estimate of drug-likeness (QED) is 0.383. The van der Waals surface area contributed by atoms with Crippen molar-refractivity contribution in [2.75, 3.05) is 12.9 Å². The Bertz CT molecular complexity index is 343. The lowest BCUT2D eigenvalue weighted by atomic mass is 10.2. The number of methoxy groups -OCH3 is 1. The summed E-state index contributed by atoms with van der Waals surface area (Å²) in [6.45, 7) is 7.32. The molecule has 22 heavy (non-hydrogen) atoms. The largest absolute Gasteiger partial charge is 0.467 e. The van der Waals surface area contributed by atoms with Gasteiger partial charge in [0.05, 0.1) is 12.5 Å². The van der Waals surface area contributed by atoms with Crippen LogP contribution < -0.4 is 5.32 Å². The number of hydrogen-bond acceptors (Lipinski definition) is 6. The number of thioether (sulfide) groups is 1. The highest BCUT2D eigenvalue weighted by atomic mass is 32.2. The smallest absolute Gasteiger partial charge is 0.408 e. The minimum absolute atomic E-state index is 0.235. The Morgan fingerprint density at radius 2 is 1.91 bits per heavy atom. The van der Waals surface area contributed by atoms with Gasteiger partial charge in [-0.15, -0.1) is 11.8 Å². The number of hydrogen-bond donors (Lipinski definition) is 2. The minimum atomic E-state index is -0.842. The van der Waals surface area contributed by atoms with Crippen LogP contribution >= 0.6 is 11.8 Å². The van der Waals surface area contributed by atoms with Crippen LogP contribution in [0.3, 0.4) is 0 Å². The van der Waals surface area contributed by atoms with Gasteiger partial charge in [0.2, 0.25) is 0 Å². The van der Waals surface area contributed by atoms with Crippen molar-refractivity contribution >= 4 is 23.8 Å². The SMILES string of the molecule is CCCCCC(O)SCC(NC(=O)OC(C)(C)C)C(=O)OC. The van der Waals surface area contributed by atoms with Crippen molar-refractivity contribution in [2.45, 2.75) is 70.5 Å². The molecule has 2 N–H and O–H groups in total. The topological polar surface area (TPSA) is 84.9 Å². The summed E-state index contributed by atoms with van der Waals surface area (Å²) in [5.74, 6) is -0.321. The Labute approximate surface area is 137 Å². The third-order valence-corrected chi connectivity index (χ3v) is 3.83. The molecule has 0 spiro atoms. The van der Waals surface area contributed by atoms with Crippen LogP contribution in [0.15, 0.2) is 0 Å². The van der Waals surface area contributed by atoms with Crippen LogP contribution in [0.5, 0.6) is 0 Å². The van der Waals surface area contributed by atoms with Gasteiger partial charge in [-0.25, -0.2) is 9.59 Å². The molecule has 0 aromatic heterocycles. The van der Waals surface area contributed by atoms with Gasteiger partial charge in [0.1, 0.15) is 11.6 Å². The van der Waals surface area contributed by atoms with E-state index in [-0.39, 0.29) is 5.75 Å². The number of alkyl carbamates (subject to hydrolysis) is 1. The molecule has 1 amide bonds. The maximum Gasteiger partial charge on any atom is 0.408 e. The molecule has 0 bridgehead atoms. The van der Waals surface area contributed by atoms with Crippen molar-refractivity contribution in [3.63, 3.8) is 0 Å². The lowest BCUT2D eigenvalue weighted by molar-refractivity contribution is -0.142. The summed E-state index contributed by atoms with van der Waals surface area (Å²) < 4.78 is 9.79. The number of ether oxygens (including phenoxy) is 2. The van der Waals surface area contributed by atoms with Gasteiger partial charge in [0, 0.05) is 5.75 Å². The molecule has 0 aliphatic rings. The minimum Gasteiger partial charge on any atom is -0.467 e. The molecule has 130 valence electrons. The fraction of sp³-hybridized carbons (Fsp3) is 0.867. The van der Waals surface area contributed by atoms with Gasteiger partial charge < -0.3 is 19.9 Å². The summed E-state index contributed by atoms with van der Waals surface area (Å²) in [6.07, 6.45) is 3.08. The average Bonchev–Trinajstić information content (AvgIpc) is 2.40. The lowest BCUT2D eigenvalue weighted by Crippen LogP contribution is -2.45. The van der Waals surface area contributed by atoms with Gasteiger partial charge in [0.15, 0.2) is 0 Å². The zero-order valence-corrected chi connectivity index (χ0v) is 15.0. The zero-order chi connectivity index (χ0) is 17.2. The van der Waals surface area contributed by atoms with Crippen LogP contribution in [0.4, 0.5) is 4.79 Å². The van der Waals surface area contributed by atoms with Crippen molar-refractivity contribution in [3.8, 4) is 0 Å². The van der Waals surface area contributed by atoms with Crippen LogP contribution in [0.25, 0.3) is 0 Å². The van der Waals surface area contributed by atoms with E-state index in [0.717, 1.165) is 19.3 Å².